The second-order valence-corrected chi connectivity index (χ2v) is 3.93. The number of nitrogens with two attached hydrogens (primary N) is 2. The van der Waals surface area contributed by atoms with E-state index in [2.05, 4.69) is 9.97 Å². The number of allylic oxidation sites excluding steroid dienone is 1. The van der Waals surface area contributed by atoms with Crippen molar-refractivity contribution in [1.82, 2.24) is 9.97 Å². The molecule has 1 aromatic carbocycles. The van der Waals surface area contributed by atoms with Crippen molar-refractivity contribution in [3.05, 3.63) is 42.0 Å². The van der Waals surface area contributed by atoms with Gasteiger partial charge in [-0.2, -0.15) is 5.26 Å². The summed E-state index contributed by atoms with van der Waals surface area (Å²) in [4.78, 5) is 7.70. The first-order valence-corrected chi connectivity index (χ1v) is 5.52. The Kier molecular flexibility index (Phi) is 3.39. The van der Waals surface area contributed by atoms with Gasteiger partial charge in [-0.1, -0.05) is 0 Å². The Morgan fingerprint density at radius 1 is 1.30 bits per heavy atom. The average molecular weight is 269 g/mol. The van der Waals surface area contributed by atoms with Crippen molar-refractivity contribution in [3.63, 3.8) is 0 Å². The fraction of sp³-hybridized carbons (Fsp3) is 0. The van der Waals surface area contributed by atoms with Gasteiger partial charge in [-0.25, -0.2) is 9.97 Å². The molecule has 0 spiro atoms. The lowest BCUT2D eigenvalue weighted by molar-refractivity contribution is 0.405. The first kappa shape index (κ1) is 13.2. The highest BCUT2D eigenvalue weighted by atomic mass is 16.3. The fourth-order valence-electron chi connectivity index (χ4n) is 1.63. The Labute approximate surface area is 114 Å². The van der Waals surface area contributed by atoms with Gasteiger partial charge >= 0.3 is 0 Å². The second kappa shape index (κ2) is 5.16. The Bertz CT molecular complexity index is 696. The first-order valence-electron chi connectivity index (χ1n) is 5.52. The van der Waals surface area contributed by atoms with E-state index in [1.54, 1.807) is 0 Å². The van der Waals surface area contributed by atoms with Crippen LogP contribution in [0.5, 0.6) is 11.5 Å². The molecule has 6 N–H and O–H groups in total. The van der Waals surface area contributed by atoms with E-state index in [0.29, 0.717) is 11.3 Å². The quantitative estimate of drug-likeness (QED) is 0.359. The normalized spacial score (nSPS) is 11.6. The van der Waals surface area contributed by atoms with Crippen LogP contribution in [-0.2, 0) is 0 Å². The van der Waals surface area contributed by atoms with Gasteiger partial charge in [0.2, 0.25) is 0 Å². The maximum absolute atomic E-state index is 9.54. The molecule has 100 valence electrons. The van der Waals surface area contributed by atoms with Crippen LogP contribution >= 0.6 is 0 Å². The van der Waals surface area contributed by atoms with Gasteiger partial charge in [-0.05, 0) is 18.2 Å². The number of aromatic hydroxyl groups is 2. The number of rotatable bonds is 2. The third-order valence-corrected chi connectivity index (χ3v) is 2.65. The predicted octanol–water partition coefficient (Wildman–Crippen LogP) is 0.821. The van der Waals surface area contributed by atoms with E-state index in [-0.39, 0.29) is 17.0 Å². The number of hydrogen-bond donors (Lipinski definition) is 4. The van der Waals surface area contributed by atoms with E-state index in [0.717, 1.165) is 0 Å². The second-order valence-electron chi connectivity index (χ2n) is 3.93. The Morgan fingerprint density at radius 2 is 2.05 bits per heavy atom. The summed E-state index contributed by atoms with van der Waals surface area (Å²) in [6, 6.07) is 6.07. The molecule has 0 aliphatic rings. The highest BCUT2D eigenvalue weighted by molar-refractivity contribution is 5.95. The van der Waals surface area contributed by atoms with Gasteiger partial charge in [-0.3, -0.25) is 0 Å². The van der Waals surface area contributed by atoms with Crippen LogP contribution in [0.2, 0.25) is 0 Å². The number of phenolic OH excluding ortho intramolecular Hbond substituents is 2. The smallest absolute Gasteiger partial charge is 0.181 e. The number of phenols is 2. The predicted molar refractivity (Wildman–Crippen MR) is 72.8 cm³/mol. The SMILES string of the molecule is N#C/C(=C(/N)c1cc(N)c(O)c(O)c1)c1ccncn1. The standard InChI is InChI=1S/C13H11N5O2/c14-5-8(10-1-2-17-6-18-10)12(16)7-3-9(15)13(20)11(19)4-7/h1-4,6,19-20H,15-16H2/b12-8-. The molecule has 0 fully saturated rings. The van der Waals surface area contributed by atoms with Crippen molar-refractivity contribution in [3.8, 4) is 17.6 Å². The minimum absolute atomic E-state index is 0.0390. The van der Waals surface area contributed by atoms with Crippen molar-refractivity contribution in [2.75, 3.05) is 5.73 Å². The minimum Gasteiger partial charge on any atom is -0.504 e. The number of nitriles is 1. The van der Waals surface area contributed by atoms with E-state index in [9.17, 15) is 15.5 Å². The number of benzene rings is 1. The van der Waals surface area contributed by atoms with Crippen LogP contribution in [0.4, 0.5) is 5.69 Å². The number of nitrogens with zero attached hydrogens (tertiary/aromatic N) is 3. The van der Waals surface area contributed by atoms with Crippen LogP contribution < -0.4 is 11.5 Å². The molecule has 0 amide bonds. The molecule has 20 heavy (non-hydrogen) atoms. The summed E-state index contributed by atoms with van der Waals surface area (Å²) in [5.74, 6) is -0.843. The van der Waals surface area contributed by atoms with Gasteiger partial charge in [0.05, 0.1) is 17.1 Å². The van der Waals surface area contributed by atoms with Crippen LogP contribution in [0.25, 0.3) is 11.3 Å². The zero-order chi connectivity index (χ0) is 14.7. The van der Waals surface area contributed by atoms with Gasteiger partial charge in [-0.15, -0.1) is 0 Å². The molecule has 0 saturated carbocycles. The molecule has 7 heteroatoms. The molecule has 2 rings (SSSR count). The summed E-state index contributed by atoms with van der Waals surface area (Å²) in [5, 5.41) is 28.2. The summed E-state index contributed by atoms with van der Waals surface area (Å²) >= 11 is 0. The van der Waals surface area contributed by atoms with E-state index >= 15 is 0 Å². The highest BCUT2D eigenvalue weighted by Gasteiger charge is 2.13. The molecule has 0 radical (unpaired) electrons. The third kappa shape index (κ3) is 2.30. The lowest BCUT2D eigenvalue weighted by Gasteiger charge is -2.09. The maximum Gasteiger partial charge on any atom is 0.181 e. The number of nitrogen functional groups attached to an aromatic ring is 1. The van der Waals surface area contributed by atoms with Gasteiger partial charge in [0, 0.05) is 11.8 Å². The molecular formula is C13H11N5O2. The zero-order valence-electron chi connectivity index (χ0n) is 10.3. The molecule has 2 aromatic rings. The molecule has 1 heterocycles. The van der Waals surface area contributed by atoms with Crippen LogP contribution in [0, 0.1) is 11.3 Å². The number of aromatic nitrogens is 2. The number of hydrogen-bond acceptors (Lipinski definition) is 7. The maximum atomic E-state index is 9.54. The molecule has 0 aliphatic heterocycles. The fourth-order valence-corrected chi connectivity index (χ4v) is 1.63. The largest absolute Gasteiger partial charge is 0.504 e. The van der Waals surface area contributed by atoms with E-state index in [1.807, 2.05) is 6.07 Å². The minimum atomic E-state index is -0.429. The summed E-state index contributed by atoms with van der Waals surface area (Å²) in [7, 11) is 0. The van der Waals surface area contributed by atoms with Gasteiger partial charge in [0.1, 0.15) is 18.0 Å². The van der Waals surface area contributed by atoms with Crippen molar-refractivity contribution >= 4 is 17.0 Å². The van der Waals surface area contributed by atoms with Crippen molar-refractivity contribution in [2.24, 2.45) is 5.73 Å². The molecule has 0 bridgehead atoms. The molecule has 0 saturated heterocycles. The molecular weight excluding hydrogens is 258 g/mol. The first-order chi connectivity index (χ1) is 9.54. The van der Waals surface area contributed by atoms with Gasteiger partial charge < -0.3 is 21.7 Å². The monoisotopic (exact) mass is 269 g/mol. The van der Waals surface area contributed by atoms with E-state index in [4.69, 9.17) is 11.5 Å². The molecule has 0 aliphatic carbocycles. The lowest BCUT2D eigenvalue weighted by Crippen LogP contribution is -2.03. The summed E-state index contributed by atoms with van der Waals surface area (Å²) in [6.45, 7) is 0. The van der Waals surface area contributed by atoms with Crippen LogP contribution in [0.3, 0.4) is 0 Å². The van der Waals surface area contributed by atoms with E-state index < -0.39 is 11.5 Å². The Balaban J connectivity index is 2.61. The van der Waals surface area contributed by atoms with Crippen LogP contribution in [0.1, 0.15) is 11.3 Å². The summed E-state index contributed by atoms with van der Waals surface area (Å²) < 4.78 is 0. The van der Waals surface area contributed by atoms with Gasteiger partial charge in [0.15, 0.2) is 11.5 Å². The van der Waals surface area contributed by atoms with Crippen LogP contribution in [0.15, 0.2) is 30.7 Å². The van der Waals surface area contributed by atoms with Crippen molar-refractivity contribution in [1.29, 1.82) is 5.26 Å². The Morgan fingerprint density at radius 3 is 2.60 bits per heavy atom. The number of anilines is 1. The van der Waals surface area contributed by atoms with Crippen molar-refractivity contribution in [2.45, 2.75) is 0 Å². The Hall–Kier alpha value is -3.27. The molecule has 0 atom stereocenters. The average Bonchev–Trinajstić information content (AvgIpc) is 2.46. The lowest BCUT2D eigenvalue weighted by atomic mass is 10.0. The summed E-state index contributed by atoms with van der Waals surface area (Å²) in [6.07, 6.45) is 2.78. The topological polar surface area (TPSA) is 142 Å². The third-order valence-electron chi connectivity index (χ3n) is 2.65. The highest BCUT2D eigenvalue weighted by Crippen LogP contribution is 2.34. The molecule has 0 unspecified atom stereocenters. The van der Waals surface area contributed by atoms with Gasteiger partial charge in [0.25, 0.3) is 0 Å². The zero-order valence-corrected chi connectivity index (χ0v) is 10.3. The van der Waals surface area contributed by atoms with Crippen molar-refractivity contribution < 1.29 is 10.2 Å². The molecule has 1 aromatic heterocycles. The molecule has 7 nitrogen and oxygen atoms in total. The summed E-state index contributed by atoms with van der Waals surface area (Å²) in [5.41, 5.74) is 12.3. The van der Waals surface area contributed by atoms with Crippen LogP contribution in [-0.4, -0.2) is 20.2 Å². The van der Waals surface area contributed by atoms with E-state index in [1.165, 1.54) is 30.7 Å².